The molecule has 0 bridgehead atoms. The van der Waals surface area contributed by atoms with E-state index in [4.69, 9.17) is 4.74 Å². The smallest absolute Gasteiger partial charge is 0.269 e. The maximum absolute atomic E-state index is 12.6. The molecule has 0 spiro atoms. The summed E-state index contributed by atoms with van der Waals surface area (Å²) in [5.41, 5.74) is 4.40. The van der Waals surface area contributed by atoms with Crippen LogP contribution in [0.25, 0.3) is 6.08 Å². The molecule has 188 valence electrons. The standard InChI is InChI=1S/C28H24BrN3O4S/c1-3-6-21-13-20(15-24(29)26(21)36-17-19-7-5-8-23(14-19)32(34)35)16-25-27(33)31-28(37-25)30-22-11-9-18(4-2)10-12-22/h3,5,7-16H,1,4,6,17H2,2H3,(H,30,31,33)/b25-16-. The number of aliphatic imine (C=N–C) groups is 1. The number of allylic oxidation sites excluding steroid dienone is 1. The third-order valence-corrected chi connectivity index (χ3v) is 7.03. The van der Waals surface area contributed by atoms with Crippen LogP contribution in [0.15, 0.2) is 87.7 Å². The van der Waals surface area contributed by atoms with Gasteiger partial charge in [-0.05, 0) is 93.1 Å². The number of hydrogen-bond donors (Lipinski definition) is 1. The minimum Gasteiger partial charge on any atom is -0.487 e. The van der Waals surface area contributed by atoms with Gasteiger partial charge in [-0.3, -0.25) is 14.9 Å². The van der Waals surface area contributed by atoms with E-state index in [-0.39, 0.29) is 18.2 Å². The van der Waals surface area contributed by atoms with E-state index in [0.717, 1.165) is 23.2 Å². The molecule has 1 aliphatic rings. The highest BCUT2D eigenvalue weighted by atomic mass is 79.9. The summed E-state index contributed by atoms with van der Waals surface area (Å²) in [4.78, 5) is 28.3. The molecule has 1 N–H and O–H groups in total. The van der Waals surface area contributed by atoms with Gasteiger partial charge in [0.25, 0.3) is 11.6 Å². The Balaban J connectivity index is 1.54. The fourth-order valence-corrected chi connectivity index (χ4v) is 5.17. The molecule has 0 unspecified atom stereocenters. The summed E-state index contributed by atoms with van der Waals surface area (Å²) >= 11 is 4.87. The predicted molar refractivity (Wildman–Crippen MR) is 152 cm³/mol. The van der Waals surface area contributed by atoms with E-state index in [2.05, 4.69) is 39.7 Å². The van der Waals surface area contributed by atoms with Gasteiger partial charge in [0.15, 0.2) is 5.17 Å². The third kappa shape index (κ3) is 6.75. The molecule has 3 aromatic rings. The molecule has 0 radical (unpaired) electrons. The number of hydrogen-bond acceptors (Lipinski definition) is 6. The van der Waals surface area contributed by atoms with E-state index < -0.39 is 4.92 Å². The van der Waals surface area contributed by atoms with E-state index in [1.165, 1.54) is 29.5 Å². The predicted octanol–water partition coefficient (Wildman–Crippen LogP) is 7.12. The van der Waals surface area contributed by atoms with Crippen LogP contribution in [0.2, 0.25) is 0 Å². The van der Waals surface area contributed by atoms with E-state index in [9.17, 15) is 14.9 Å². The number of carbonyl (C=O) groups excluding carboxylic acids is 1. The first kappa shape index (κ1) is 26.4. The highest BCUT2D eigenvalue weighted by Gasteiger charge is 2.24. The van der Waals surface area contributed by atoms with Gasteiger partial charge in [-0.1, -0.05) is 37.3 Å². The second-order valence-corrected chi connectivity index (χ2v) is 10.1. The number of nitrogens with one attached hydrogen (secondary N) is 1. The van der Waals surface area contributed by atoms with Crippen molar-refractivity contribution in [3.63, 3.8) is 0 Å². The summed E-state index contributed by atoms with van der Waals surface area (Å²) in [7, 11) is 0. The molecule has 1 fully saturated rings. The van der Waals surface area contributed by atoms with Gasteiger partial charge in [0.1, 0.15) is 12.4 Å². The van der Waals surface area contributed by atoms with Crippen LogP contribution in [0.3, 0.4) is 0 Å². The second kappa shape index (κ2) is 12.0. The Morgan fingerprint density at radius 3 is 2.65 bits per heavy atom. The first-order chi connectivity index (χ1) is 17.9. The average Bonchev–Trinajstić information content (AvgIpc) is 3.22. The van der Waals surface area contributed by atoms with Crippen molar-refractivity contribution in [3.05, 3.63) is 115 Å². The number of amides is 1. The molecule has 1 heterocycles. The van der Waals surface area contributed by atoms with Crippen LogP contribution in [0.1, 0.15) is 29.2 Å². The number of carbonyl (C=O) groups is 1. The number of ether oxygens (including phenoxy) is 1. The van der Waals surface area contributed by atoms with Crippen molar-refractivity contribution in [2.45, 2.75) is 26.4 Å². The first-order valence-electron chi connectivity index (χ1n) is 11.5. The Labute approximate surface area is 227 Å². The lowest BCUT2D eigenvalue weighted by Crippen LogP contribution is -2.19. The monoisotopic (exact) mass is 577 g/mol. The number of benzene rings is 3. The molecular formula is C28H24BrN3O4S. The number of halogens is 1. The third-order valence-electron chi connectivity index (χ3n) is 5.54. The summed E-state index contributed by atoms with van der Waals surface area (Å²) in [6, 6.07) is 18.1. The fraction of sp³-hybridized carbons (Fsp3) is 0.143. The Morgan fingerprint density at radius 2 is 1.95 bits per heavy atom. The molecular weight excluding hydrogens is 554 g/mol. The molecule has 0 atom stereocenters. The van der Waals surface area contributed by atoms with Crippen LogP contribution in [0, 0.1) is 10.1 Å². The van der Waals surface area contributed by atoms with Gasteiger partial charge < -0.3 is 10.1 Å². The molecule has 3 aromatic carbocycles. The summed E-state index contributed by atoms with van der Waals surface area (Å²) in [5, 5.41) is 14.4. The molecule has 0 aromatic heterocycles. The quantitative estimate of drug-likeness (QED) is 0.126. The van der Waals surface area contributed by atoms with Crippen LogP contribution in [0.4, 0.5) is 11.4 Å². The largest absolute Gasteiger partial charge is 0.487 e. The molecule has 0 aliphatic carbocycles. The highest BCUT2D eigenvalue weighted by molar-refractivity contribution is 9.10. The Bertz CT molecular complexity index is 1420. The van der Waals surface area contributed by atoms with Crippen molar-refractivity contribution in [1.82, 2.24) is 5.32 Å². The second-order valence-electron chi connectivity index (χ2n) is 8.20. The number of non-ortho nitro benzene ring substituents is 1. The number of rotatable bonds is 9. The van der Waals surface area contributed by atoms with E-state index in [1.807, 2.05) is 42.5 Å². The van der Waals surface area contributed by atoms with Crippen LogP contribution >= 0.6 is 27.7 Å². The van der Waals surface area contributed by atoms with Gasteiger partial charge in [0.2, 0.25) is 0 Å². The Morgan fingerprint density at radius 1 is 1.16 bits per heavy atom. The van der Waals surface area contributed by atoms with Gasteiger partial charge in [-0.15, -0.1) is 6.58 Å². The number of aryl methyl sites for hydroxylation is 1. The van der Waals surface area contributed by atoms with Crippen molar-refractivity contribution in [1.29, 1.82) is 0 Å². The van der Waals surface area contributed by atoms with Crippen LogP contribution in [-0.2, 0) is 24.2 Å². The van der Waals surface area contributed by atoms with Crippen molar-refractivity contribution < 1.29 is 14.5 Å². The zero-order chi connectivity index (χ0) is 26.4. The minimum absolute atomic E-state index is 0.0154. The summed E-state index contributed by atoms with van der Waals surface area (Å²) < 4.78 is 6.75. The molecule has 37 heavy (non-hydrogen) atoms. The number of amidine groups is 1. The lowest BCUT2D eigenvalue weighted by Gasteiger charge is -2.14. The van der Waals surface area contributed by atoms with Crippen LogP contribution in [-0.4, -0.2) is 16.0 Å². The number of nitro benzene ring substituents is 1. The molecule has 4 rings (SSSR count). The maximum Gasteiger partial charge on any atom is 0.269 e. The van der Waals surface area contributed by atoms with Crippen molar-refractivity contribution in [3.8, 4) is 5.75 Å². The summed E-state index contributed by atoms with van der Waals surface area (Å²) in [6.07, 6.45) is 5.08. The molecule has 1 amide bonds. The maximum atomic E-state index is 12.6. The molecule has 9 heteroatoms. The molecule has 0 saturated carbocycles. The summed E-state index contributed by atoms with van der Waals surface area (Å²) in [5.74, 6) is 0.413. The van der Waals surface area contributed by atoms with Gasteiger partial charge in [-0.25, -0.2) is 4.99 Å². The van der Waals surface area contributed by atoms with Gasteiger partial charge in [0, 0.05) is 12.1 Å². The fourth-order valence-electron chi connectivity index (χ4n) is 3.70. The van der Waals surface area contributed by atoms with E-state index >= 15 is 0 Å². The lowest BCUT2D eigenvalue weighted by atomic mass is 10.1. The van der Waals surface area contributed by atoms with Gasteiger partial charge in [-0.2, -0.15) is 0 Å². The van der Waals surface area contributed by atoms with Crippen molar-refractivity contribution >= 4 is 56.2 Å². The molecule has 7 nitrogen and oxygen atoms in total. The normalized spacial score (nSPS) is 15.1. The zero-order valence-electron chi connectivity index (χ0n) is 20.1. The van der Waals surface area contributed by atoms with E-state index in [1.54, 1.807) is 18.2 Å². The first-order valence-corrected chi connectivity index (χ1v) is 13.1. The zero-order valence-corrected chi connectivity index (χ0v) is 22.5. The Hall–Kier alpha value is -3.69. The van der Waals surface area contributed by atoms with Crippen molar-refractivity contribution in [2.75, 3.05) is 0 Å². The molecule has 1 saturated heterocycles. The van der Waals surface area contributed by atoms with Gasteiger partial charge in [0.05, 0.1) is 20.0 Å². The van der Waals surface area contributed by atoms with E-state index in [0.29, 0.717) is 32.3 Å². The lowest BCUT2D eigenvalue weighted by molar-refractivity contribution is -0.384. The van der Waals surface area contributed by atoms with Crippen LogP contribution < -0.4 is 10.1 Å². The number of nitro groups is 1. The number of nitrogens with zero attached hydrogens (tertiary/aromatic N) is 2. The van der Waals surface area contributed by atoms with Crippen molar-refractivity contribution in [2.24, 2.45) is 4.99 Å². The SMILES string of the molecule is C=CCc1cc(/C=C2\SC(=Nc3ccc(CC)cc3)NC2=O)cc(Br)c1OCc1cccc([N+](=O)[O-])c1. The Kier molecular flexibility index (Phi) is 8.58. The van der Waals surface area contributed by atoms with Crippen LogP contribution in [0.5, 0.6) is 5.75 Å². The van der Waals surface area contributed by atoms with Gasteiger partial charge >= 0.3 is 0 Å². The average molecular weight is 578 g/mol. The highest BCUT2D eigenvalue weighted by Crippen LogP contribution is 2.35. The summed E-state index contributed by atoms with van der Waals surface area (Å²) in [6.45, 7) is 6.10. The number of thioether (sulfide) groups is 1. The minimum atomic E-state index is -0.430. The topological polar surface area (TPSA) is 93.8 Å². The molecule has 1 aliphatic heterocycles.